The van der Waals surface area contributed by atoms with Gasteiger partial charge in [-0.3, -0.25) is 0 Å². The van der Waals surface area contributed by atoms with Gasteiger partial charge in [0, 0.05) is 12.1 Å². The molecular weight excluding hydrogens is 146 g/mol. The zero-order valence-corrected chi connectivity index (χ0v) is 8.18. The van der Waals surface area contributed by atoms with Crippen LogP contribution in [0.5, 0.6) is 0 Å². The first-order chi connectivity index (χ1) is 5.86. The molecule has 0 spiro atoms. The van der Waals surface area contributed by atoms with E-state index in [1.807, 2.05) is 6.08 Å². The van der Waals surface area contributed by atoms with Crippen LogP contribution in [-0.4, -0.2) is 12.1 Å². The number of nitrogens with one attached hydrogen (secondary N) is 1. The summed E-state index contributed by atoms with van der Waals surface area (Å²) in [6, 6.07) is 1.53. The quantitative estimate of drug-likeness (QED) is 0.621. The van der Waals surface area contributed by atoms with Crippen LogP contribution in [0, 0.1) is 0 Å². The molecule has 0 saturated carbocycles. The van der Waals surface area contributed by atoms with Crippen molar-refractivity contribution in [3.8, 4) is 0 Å². The minimum atomic E-state index is 0.726. The van der Waals surface area contributed by atoms with E-state index in [-0.39, 0.29) is 0 Å². The first-order valence-corrected chi connectivity index (χ1v) is 5.23. The Balaban J connectivity index is 2.12. The molecular formula is C11H21N. The Hall–Kier alpha value is -0.300. The molecule has 0 radical (unpaired) electrons. The summed E-state index contributed by atoms with van der Waals surface area (Å²) >= 11 is 0. The van der Waals surface area contributed by atoms with Crippen molar-refractivity contribution in [3.05, 3.63) is 12.7 Å². The molecule has 0 aromatic carbocycles. The molecule has 1 heteroatoms. The summed E-state index contributed by atoms with van der Waals surface area (Å²) in [6.07, 6.45) is 9.95. The van der Waals surface area contributed by atoms with Gasteiger partial charge in [-0.25, -0.2) is 0 Å². The highest BCUT2D eigenvalue weighted by atomic mass is 15.0. The first-order valence-electron chi connectivity index (χ1n) is 5.23. The third-order valence-corrected chi connectivity index (χ3v) is 2.69. The lowest BCUT2D eigenvalue weighted by molar-refractivity contribution is 0.496. The summed E-state index contributed by atoms with van der Waals surface area (Å²) in [5, 5.41) is 3.66. The summed E-state index contributed by atoms with van der Waals surface area (Å²) in [5.41, 5.74) is 0. The predicted molar refractivity (Wildman–Crippen MR) is 54.3 cm³/mol. The van der Waals surface area contributed by atoms with Gasteiger partial charge in [0.05, 0.1) is 0 Å². The average Bonchev–Trinajstić information content (AvgIpc) is 2.50. The molecule has 0 aromatic rings. The minimum absolute atomic E-state index is 0.726. The van der Waals surface area contributed by atoms with E-state index in [1.165, 1.54) is 32.1 Å². The fourth-order valence-electron chi connectivity index (χ4n) is 1.97. The lowest BCUT2D eigenvalue weighted by Gasteiger charge is -2.11. The molecule has 1 aliphatic heterocycles. The summed E-state index contributed by atoms with van der Waals surface area (Å²) in [7, 11) is 0. The van der Waals surface area contributed by atoms with E-state index >= 15 is 0 Å². The monoisotopic (exact) mass is 167 g/mol. The molecule has 0 aromatic heterocycles. The number of rotatable bonds is 5. The molecule has 1 saturated heterocycles. The van der Waals surface area contributed by atoms with Gasteiger partial charge >= 0.3 is 0 Å². The molecule has 1 nitrogen and oxygen atoms in total. The molecule has 0 unspecified atom stereocenters. The molecule has 1 heterocycles. The SMILES string of the molecule is C=CC[C@H]1CC[C@H](CCCC)N1. The fourth-order valence-corrected chi connectivity index (χ4v) is 1.97. The van der Waals surface area contributed by atoms with Gasteiger partial charge in [-0.05, 0) is 25.7 Å². The predicted octanol–water partition coefficient (Wildman–Crippen LogP) is 2.87. The summed E-state index contributed by atoms with van der Waals surface area (Å²) in [6.45, 7) is 6.03. The van der Waals surface area contributed by atoms with Crippen LogP contribution in [0.3, 0.4) is 0 Å². The summed E-state index contributed by atoms with van der Waals surface area (Å²) in [4.78, 5) is 0. The molecule has 1 rings (SSSR count). The Bertz CT molecular complexity index is 131. The van der Waals surface area contributed by atoms with Crippen molar-refractivity contribution in [3.63, 3.8) is 0 Å². The molecule has 0 aliphatic carbocycles. The maximum absolute atomic E-state index is 3.77. The molecule has 12 heavy (non-hydrogen) atoms. The van der Waals surface area contributed by atoms with Crippen LogP contribution in [0.25, 0.3) is 0 Å². The van der Waals surface area contributed by atoms with Gasteiger partial charge in [-0.2, -0.15) is 0 Å². The zero-order chi connectivity index (χ0) is 8.81. The maximum Gasteiger partial charge on any atom is 0.0105 e. The van der Waals surface area contributed by atoms with Crippen molar-refractivity contribution >= 4 is 0 Å². The highest BCUT2D eigenvalue weighted by Crippen LogP contribution is 2.18. The van der Waals surface area contributed by atoms with Gasteiger partial charge < -0.3 is 5.32 Å². The van der Waals surface area contributed by atoms with E-state index in [0.717, 1.165) is 18.5 Å². The Morgan fingerprint density at radius 3 is 2.83 bits per heavy atom. The van der Waals surface area contributed by atoms with Crippen molar-refractivity contribution in [1.29, 1.82) is 0 Å². The lowest BCUT2D eigenvalue weighted by atomic mass is 10.1. The molecule has 0 amide bonds. The minimum Gasteiger partial charge on any atom is -0.311 e. The number of unbranched alkanes of at least 4 members (excludes halogenated alkanes) is 1. The first kappa shape index (κ1) is 9.79. The van der Waals surface area contributed by atoms with E-state index in [9.17, 15) is 0 Å². The normalized spacial score (nSPS) is 29.1. The molecule has 1 N–H and O–H groups in total. The molecule has 1 aliphatic rings. The van der Waals surface area contributed by atoms with Crippen molar-refractivity contribution in [2.45, 2.75) is 57.5 Å². The van der Waals surface area contributed by atoms with Crippen LogP contribution < -0.4 is 5.32 Å². The van der Waals surface area contributed by atoms with Crippen LogP contribution in [0.15, 0.2) is 12.7 Å². The number of hydrogen-bond donors (Lipinski definition) is 1. The van der Waals surface area contributed by atoms with Crippen LogP contribution in [0.1, 0.15) is 45.4 Å². The topological polar surface area (TPSA) is 12.0 Å². The molecule has 1 fully saturated rings. The third kappa shape index (κ3) is 2.98. The average molecular weight is 167 g/mol. The van der Waals surface area contributed by atoms with Crippen molar-refractivity contribution in [2.75, 3.05) is 0 Å². The van der Waals surface area contributed by atoms with Gasteiger partial charge in [-0.1, -0.05) is 25.8 Å². The molecule has 0 bridgehead atoms. The van der Waals surface area contributed by atoms with Crippen LogP contribution in [-0.2, 0) is 0 Å². The second-order valence-electron chi connectivity index (χ2n) is 3.80. The fraction of sp³-hybridized carbons (Fsp3) is 0.818. The zero-order valence-electron chi connectivity index (χ0n) is 8.18. The smallest absolute Gasteiger partial charge is 0.0105 e. The van der Waals surface area contributed by atoms with E-state index in [4.69, 9.17) is 0 Å². The second kappa shape index (κ2) is 5.36. The Labute approximate surface area is 76.2 Å². The van der Waals surface area contributed by atoms with Crippen LogP contribution in [0.4, 0.5) is 0 Å². The second-order valence-corrected chi connectivity index (χ2v) is 3.80. The van der Waals surface area contributed by atoms with Crippen LogP contribution in [0.2, 0.25) is 0 Å². The van der Waals surface area contributed by atoms with E-state index < -0.39 is 0 Å². The maximum atomic E-state index is 3.77. The summed E-state index contributed by atoms with van der Waals surface area (Å²) < 4.78 is 0. The standard InChI is InChI=1S/C11H21N/c1-3-5-7-11-9-8-10(12-11)6-4-2/h4,10-12H,2-3,5-9H2,1H3/t10-,11-/m0/s1. The van der Waals surface area contributed by atoms with E-state index in [2.05, 4.69) is 18.8 Å². The highest BCUT2D eigenvalue weighted by Gasteiger charge is 2.21. The van der Waals surface area contributed by atoms with Gasteiger partial charge in [0.1, 0.15) is 0 Å². The van der Waals surface area contributed by atoms with Gasteiger partial charge in [-0.15, -0.1) is 6.58 Å². The molecule has 70 valence electrons. The third-order valence-electron chi connectivity index (χ3n) is 2.69. The van der Waals surface area contributed by atoms with Crippen LogP contribution >= 0.6 is 0 Å². The van der Waals surface area contributed by atoms with Gasteiger partial charge in [0.25, 0.3) is 0 Å². The molecule has 2 atom stereocenters. The Morgan fingerprint density at radius 2 is 2.17 bits per heavy atom. The van der Waals surface area contributed by atoms with E-state index in [0.29, 0.717) is 0 Å². The van der Waals surface area contributed by atoms with Gasteiger partial charge in [0.2, 0.25) is 0 Å². The van der Waals surface area contributed by atoms with Crippen molar-refractivity contribution < 1.29 is 0 Å². The Kier molecular flexibility index (Phi) is 4.37. The van der Waals surface area contributed by atoms with Crippen molar-refractivity contribution in [1.82, 2.24) is 5.32 Å². The van der Waals surface area contributed by atoms with Crippen molar-refractivity contribution in [2.24, 2.45) is 0 Å². The largest absolute Gasteiger partial charge is 0.311 e. The summed E-state index contributed by atoms with van der Waals surface area (Å²) in [5.74, 6) is 0. The highest BCUT2D eigenvalue weighted by molar-refractivity contribution is 4.87. The Morgan fingerprint density at radius 1 is 1.42 bits per heavy atom. The number of hydrogen-bond acceptors (Lipinski definition) is 1. The van der Waals surface area contributed by atoms with E-state index in [1.54, 1.807) is 0 Å². The lowest BCUT2D eigenvalue weighted by Crippen LogP contribution is -2.28. The van der Waals surface area contributed by atoms with Gasteiger partial charge in [0.15, 0.2) is 0 Å².